The first-order valence-corrected chi connectivity index (χ1v) is 11.5. The maximum atomic E-state index is 10.5. The average Bonchev–Trinajstić information content (AvgIpc) is 2.69. The number of hydrogen-bond donors (Lipinski definition) is 3. The van der Waals surface area contributed by atoms with Crippen molar-refractivity contribution in [3.8, 4) is 0 Å². The molecule has 0 aliphatic rings. The lowest BCUT2D eigenvalue weighted by atomic mass is 10.2. The van der Waals surface area contributed by atoms with Crippen LogP contribution in [0.2, 0.25) is 0 Å². The quantitative estimate of drug-likeness (QED) is 0.496. The highest BCUT2D eigenvalue weighted by atomic mass is 32.2. The number of rotatable bonds is 3. The SMILES string of the molecule is Cc1ccc(S(=O)(=O)O)cc1.Cc1ccc(S(=O)(=O)O)cc1.NC(=O)c1cccnc1. The fourth-order valence-corrected chi connectivity index (χ4v) is 2.89. The third-order valence-electron chi connectivity index (χ3n) is 3.58. The van der Waals surface area contributed by atoms with E-state index in [9.17, 15) is 21.6 Å². The topological polar surface area (TPSA) is 165 Å². The van der Waals surface area contributed by atoms with Crippen LogP contribution in [0.4, 0.5) is 0 Å². The van der Waals surface area contributed by atoms with E-state index in [4.69, 9.17) is 14.8 Å². The largest absolute Gasteiger partial charge is 0.366 e. The number of aryl methyl sites for hydroxylation is 2. The summed E-state index contributed by atoms with van der Waals surface area (Å²) in [5.41, 5.74) is 7.29. The van der Waals surface area contributed by atoms with E-state index < -0.39 is 26.1 Å². The lowest BCUT2D eigenvalue weighted by molar-refractivity contribution is 0.1000. The van der Waals surface area contributed by atoms with Gasteiger partial charge in [0.05, 0.1) is 15.4 Å². The number of carbonyl (C=O) groups is 1. The van der Waals surface area contributed by atoms with E-state index in [1.807, 2.05) is 13.8 Å². The molecule has 0 unspecified atom stereocenters. The molecular weight excluding hydrogens is 444 g/mol. The zero-order valence-corrected chi connectivity index (χ0v) is 18.3. The number of amides is 1. The van der Waals surface area contributed by atoms with Crippen molar-refractivity contribution in [3.63, 3.8) is 0 Å². The molecule has 0 saturated carbocycles. The van der Waals surface area contributed by atoms with Crippen LogP contribution >= 0.6 is 0 Å². The molecule has 3 rings (SSSR count). The highest BCUT2D eigenvalue weighted by Crippen LogP contribution is 2.09. The summed E-state index contributed by atoms with van der Waals surface area (Å²) in [6, 6.07) is 15.3. The van der Waals surface area contributed by atoms with Crippen LogP contribution in [0.15, 0.2) is 82.8 Å². The Morgan fingerprint density at radius 3 is 1.39 bits per heavy atom. The summed E-state index contributed by atoms with van der Waals surface area (Å²) in [5, 5.41) is 0. The number of nitrogens with zero attached hydrogens (tertiary/aromatic N) is 1. The lowest BCUT2D eigenvalue weighted by Gasteiger charge is -1.95. The molecule has 1 amide bonds. The first kappa shape index (κ1) is 25.9. The van der Waals surface area contributed by atoms with Crippen molar-refractivity contribution in [1.29, 1.82) is 0 Å². The van der Waals surface area contributed by atoms with Crippen molar-refractivity contribution in [2.24, 2.45) is 5.73 Å². The molecule has 0 saturated heterocycles. The van der Waals surface area contributed by atoms with E-state index in [1.54, 1.807) is 42.6 Å². The van der Waals surface area contributed by atoms with Crippen molar-refractivity contribution >= 4 is 26.1 Å². The summed E-state index contributed by atoms with van der Waals surface area (Å²) in [6.45, 7) is 3.68. The molecule has 0 fully saturated rings. The van der Waals surface area contributed by atoms with E-state index >= 15 is 0 Å². The Bertz CT molecular complexity index is 1120. The van der Waals surface area contributed by atoms with E-state index in [0.29, 0.717) is 5.56 Å². The molecule has 1 aromatic heterocycles. The maximum absolute atomic E-state index is 10.5. The van der Waals surface area contributed by atoms with E-state index in [0.717, 1.165) is 11.1 Å². The number of carbonyl (C=O) groups excluding carboxylic acids is 1. The van der Waals surface area contributed by atoms with Gasteiger partial charge in [-0.15, -0.1) is 0 Å². The molecule has 3 aromatic rings. The number of primary amides is 1. The Morgan fingerprint density at radius 1 is 0.774 bits per heavy atom. The summed E-state index contributed by atoms with van der Waals surface area (Å²) >= 11 is 0. The number of hydrogen-bond acceptors (Lipinski definition) is 6. The van der Waals surface area contributed by atoms with Gasteiger partial charge in [0.2, 0.25) is 5.91 Å². The van der Waals surface area contributed by atoms with Gasteiger partial charge in [0.1, 0.15) is 0 Å². The second-order valence-corrected chi connectivity index (χ2v) is 9.03. The molecule has 2 aromatic carbocycles. The second-order valence-electron chi connectivity index (χ2n) is 6.18. The standard InChI is InChI=1S/2C7H8O3S.C6H6N2O/c2*1-6-2-4-7(5-3-6)11(8,9)10;7-6(9)5-2-1-3-8-4-5/h2*2-5H,1H3,(H,8,9,10);1-4H,(H2,7,9). The lowest BCUT2D eigenvalue weighted by Crippen LogP contribution is -2.10. The molecule has 0 atom stereocenters. The zero-order chi connectivity index (χ0) is 23.7. The Hall–Kier alpha value is -3.12. The highest BCUT2D eigenvalue weighted by Gasteiger charge is 2.07. The second kappa shape index (κ2) is 11.3. The van der Waals surface area contributed by atoms with Crippen molar-refractivity contribution in [2.75, 3.05) is 0 Å². The fourth-order valence-electron chi connectivity index (χ4n) is 1.93. The molecule has 0 aliphatic carbocycles. The van der Waals surface area contributed by atoms with Crippen LogP contribution in [-0.2, 0) is 20.2 Å². The Kier molecular flexibility index (Phi) is 9.46. The fraction of sp³-hybridized carbons (Fsp3) is 0.100. The minimum atomic E-state index is -4.02. The monoisotopic (exact) mass is 466 g/mol. The molecule has 31 heavy (non-hydrogen) atoms. The minimum absolute atomic E-state index is 0.0666. The summed E-state index contributed by atoms with van der Waals surface area (Å²) in [6.07, 6.45) is 3.02. The molecule has 166 valence electrons. The van der Waals surface area contributed by atoms with Gasteiger partial charge in [0, 0.05) is 12.4 Å². The predicted octanol–water partition coefficient (Wildman–Crippen LogP) is 2.66. The van der Waals surface area contributed by atoms with Crippen molar-refractivity contribution in [1.82, 2.24) is 4.98 Å². The van der Waals surface area contributed by atoms with Crippen LogP contribution in [0, 0.1) is 13.8 Å². The van der Waals surface area contributed by atoms with Crippen LogP contribution < -0.4 is 5.73 Å². The first-order valence-electron chi connectivity index (χ1n) is 8.59. The van der Waals surface area contributed by atoms with E-state index in [1.165, 1.54) is 30.5 Å². The maximum Gasteiger partial charge on any atom is 0.294 e. The van der Waals surface area contributed by atoms with E-state index in [-0.39, 0.29) is 9.79 Å². The molecular formula is C20H22N2O7S2. The molecule has 0 bridgehead atoms. The third-order valence-corrected chi connectivity index (χ3v) is 5.32. The van der Waals surface area contributed by atoms with Gasteiger partial charge in [-0.25, -0.2) is 0 Å². The van der Waals surface area contributed by atoms with Crippen LogP contribution in [0.5, 0.6) is 0 Å². The van der Waals surface area contributed by atoms with Gasteiger partial charge in [0.25, 0.3) is 20.2 Å². The van der Waals surface area contributed by atoms with Gasteiger partial charge in [-0.3, -0.25) is 18.9 Å². The molecule has 11 heteroatoms. The Labute approximate surface area is 181 Å². The summed E-state index contributed by atoms with van der Waals surface area (Å²) < 4.78 is 59.1. The van der Waals surface area contributed by atoms with E-state index in [2.05, 4.69) is 4.98 Å². The van der Waals surface area contributed by atoms with Crippen LogP contribution in [0.1, 0.15) is 21.5 Å². The van der Waals surface area contributed by atoms with Crippen molar-refractivity contribution in [3.05, 3.63) is 89.7 Å². The summed E-state index contributed by atoms with van der Waals surface area (Å²) in [4.78, 5) is 14.0. The summed E-state index contributed by atoms with van der Waals surface area (Å²) in [5.74, 6) is -0.442. The van der Waals surface area contributed by atoms with Crippen LogP contribution in [0.25, 0.3) is 0 Å². The van der Waals surface area contributed by atoms with Crippen LogP contribution in [0.3, 0.4) is 0 Å². The predicted molar refractivity (Wildman–Crippen MR) is 115 cm³/mol. The first-order chi connectivity index (χ1) is 14.3. The molecule has 9 nitrogen and oxygen atoms in total. The van der Waals surface area contributed by atoms with Gasteiger partial charge in [-0.1, -0.05) is 35.4 Å². The number of nitrogens with two attached hydrogens (primary N) is 1. The van der Waals surface area contributed by atoms with Crippen LogP contribution in [-0.4, -0.2) is 36.8 Å². The number of pyridine rings is 1. The number of benzene rings is 2. The molecule has 1 heterocycles. The number of aromatic nitrogens is 1. The van der Waals surface area contributed by atoms with Crippen molar-refractivity contribution in [2.45, 2.75) is 23.6 Å². The Morgan fingerprint density at radius 2 is 1.16 bits per heavy atom. The van der Waals surface area contributed by atoms with Crippen molar-refractivity contribution < 1.29 is 30.7 Å². The Balaban J connectivity index is 0.000000234. The smallest absolute Gasteiger partial charge is 0.294 e. The normalized spacial score (nSPS) is 10.7. The molecule has 4 N–H and O–H groups in total. The van der Waals surface area contributed by atoms with Gasteiger partial charge in [-0.2, -0.15) is 16.8 Å². The average molecular weight is 467 g/mol. The highest BCUT2D eigenvalue weighted by molar-refractivity contribution is 7.86. The third kappa shape index (κ3) is 9.96. The summed E-state index contributed by atoms with van der Waals surface area (Å²) in [7, 11) is -8.04. The van der Waals surface area contributed by atoms with Gasteiger partial charge in [0.15, 0.2) is 0 Å². The molecule has 0 radical (unpaired) electrons. The molecule has 0 aliphatic heterocycles. The molecule has 0 spiro atoms. The minimum Gasteiger partial charge on any atom is -0.366 e. The van der Waals surface area contributed by atoms with Gasteiger partial charge < -0.3 is 5.73 Å². The zero-order valence-electron chi connectivity index (χ0n) is 16.7. The van der Waals surface area contributed by atoms with Gasteiger partial charge in [-0.05, 0) is 50.2 Å². The van der Waals surface area contributed by atoms with Gasteiger partial charge >= 0.3 is 0 Å².